The number of methoxy groups -OCH3 is 1. The fourth-order valence-corrected chi connectivity index (χ4v) is 3.43. The molecule has 2 rings (SSSR count). The SMILES string of the molecule is COC(=O)C1CCN(C(=O)C2CCCN(C(=O)OC(C)(C)C)C2)CC1. The molecule has 2 aliphatic rings. The van der Waals surface area contributed by atoms with Crippen molar-refractivity contribution in [2.24, 2.45) is 11.8 Å². The Bertz CT molecular complexity index is 506. The van der Waals surface area contributed by atoms with Crippen LogP contribution in [0.3, 0.4) is 0 Å². The largest absolute Gasteiger partial charge is 0.469 e. The van der Waals surface area contributed by atoms with E-state index in [1.54, 1.807) is 4.90 Å². The van der Waals surface area contributed by atoms with Gasteiger partial charge in [0.2, 0.25) is 5.91 Å². The van der Waals surface area contributed by atoms with E-state index in [9.17, 15) is 14.4 Å². The summed E-state index contributed by atoms with van der Waals surface area (Å²) < 4.78 is 10.2. The number of likely N-dealkylation sites (tertiary alicyclic amines) is 2. The molecular weight excluding hydrogens is 324 g/mol. The molecule has 25 heavy (non-hydrogen) atoms. The van der Waals surface area contributed by atoms with Crippen LogP contribution in [-0.2, 0) is 19.1 Å². The van der Waals surface area contributed by atoms with Crippen LogP contribution in [0.1, 0.15) is 46.5 Å². The Morgan fingerprint density at radius 1 is 0.920 bits per heavy atom. The fraction of sp³-hybridized carbons (Fsp3) is 0.833. The Labute approximate surface area is 149 Å². The molecule has 2 amide bonds. The number of esters is 1. The molecular formula is C18H30N2O5. The average molecular weight is 354 g/mol. The van der Waals surface area contributed by atoms with Crippen molar-refractivity contribution < 1.29 is 23.9 Å². The highest BCUT2D eigenvalue weighted by Crippen LogP contribution is 2.24. The second kappa shape index (κ2) is 8.06. The summed E-state index contributed by atoms with van der Waals surface area (Å²) in [6.07, 6.45) is 2.51. The van der Waals surface area contributed by atoms with Crippen molar-refractivity contribution in [2.45, 2.75) is 52.1 Å². The molecule has 1 unspecified atom stereocenters. The van der Waals surface area contributed by atoms with E-state index in [1.165, 1.54) is 7.11 Å². The summed E-state index contributed by atoms with van der Waals surface area (Å²) in [5.74, 6) is -0.410. The minimum atomic E-state index is -0.538. The Hall–Kier alpha value is -1.79. The van der Waals surface area contributed by atoms with E-state index >= 15 is 0 Å². The van der Waals surface area contributed by atoms with Gasteiger partial charge in [-0.05, 0) is 46.5 Å². The van der Waals surface area contributed by atoms with E-state index < -0.39 is 5.60 Å². The third-order valence-electron chi connectivity index (χ3n) is 4.76. The Kier molecular flexibility index (Phi) is 6.30. The smallest absolute Gasteiger partial charge is 0.410 e. The molecule has 0 aromatic rings. The zero-order valence-corrected chi connectivity index (χ0v) is 15.7. The Morgan fingerprint density at radius 2 is 1.56 bits per heavy atom. The van der Waals surface area contributed by atoms with Gasteiger partial charge in [0.05, 0.1) is 18.9 Å². The summed E-state index contributed by atoms with van der Waals surface area (Å²) >= 11 is 0. The zero-order chi connectivity index (χ0) is 18.6. The Balaban J connectivity index is 1.88. The molecule has 0 bridgehead atoms. The third kappa shape index (κ3) is 5.34. The van der Waals surface area contributed by atoms with Crippen LogP contribution in [0.2, 0.25) is 0 Å². The van der Waals surface area contributed by atoms with Gasteiger partial charge >= 0.3 is 12.1 Å². The van der Waals surface area contributed by atoms with Gasteiger partial charge < -0.3 is 19.3 Å². The van der Waals surface area contributed by atoms with Crippen molar-refractivity contribution in [3.8, 4) is 0 Å². The number of piperidine rings is 2. The molecule has 2 aliphatic heterocycles. The summed E-state index contributed by atoms with van der Waals surface area (Å²) in [6, 6.07) is 0. The molecule has 7 nitrogen and oxygen atoms in total. The minimum Gasteiger partial charge on any atom is -0.469 e. The maximum absolute atomic E-state index is 12.8. The van der Waals surface area contributed by atoms with E-state index in [1.807, 2.05) is 25.7 Å². The molecule has 0 aromatic carbocycles. The zero-order valence-electron chi connectivity index (χ0n) is 15.7. The van der Waals surface area contributed by atoms with Gasteiger partial charge in [-0.1, -0.05) is 0 Å². The number of carbonyl (C=O) groups is 3. The van der Waals surface area contributed by atoms with Crippen LogP contribution < -0.4 is 0 Å². The second-order valence-electron chi connectivity index (χ2n) is 7.89. The molecule has 7 heteroatoms. The van der Waals surface area contributed by atoms with Crippen LogP contribution in [0, 0.1) is 11.8 Å². The first-order valence-corrected chi connectivity index (χ1v) is 9.06. The number of hydrogen-bond acceptors (Lipinski definition) is 5. The average Bonchev–Trinajstić information content (AvgIpc) is 2.59. The molecule has 2 fully saturated rings. The molecule has 0 spiro atoms. The lowest BCUT2D eigenvalue weighted by atomic mass is 9.93. The maximum atomic E-state index is 12.8. The van der Waals surface area contributed by atoms with Crippen LogP contribution in [0.5, 0.6) is 0 Å². The number of rotatable bonds is 2. The summed E-state index contributed by atoms with van der Waals surface area (Å²) in [6.45, 7) is 7.69. The van der Waals surface area contributed by atoms with E-state index in [4.69, 9.17) is 9.47 Å². The second-order valence-corrected chi connectivity index (χ2v) is 7.89. The van der Waals surface area contributed by atoms with Gasteiger partial charge in [0.25, 0.3) is 0 Å². The highest BCUT2D eigenvalue weighted by molar-refractivity contribution is 5.81. The van der Waals surface area contributed by atoms with Crippen molar-refractivity contribution >= 4 is 18.0 Å². The van der Waals surface area contributed by atoms with Gasteiger partial charge in [-0.25, -0.2) is 4.79 Å². The van der Waals surface area contributed by atoms with Crippen molar-refractivity contribution in [3.63, 3.8) is 0 Å². The highest BCUT2D eigenvalue weighted by Gasteiger charge is 2.35. The molecule has 0 radical (unpaired) electrons. The number of ether oxygens (including phenoxy) is 2. The van der Waals surface area contributed by atoms with E-state index in [0.717, 1.165) is 12.8 Å². The number of nitrogens with zero attached hydrogens (tertiary/aromatic N) is 2. The number of hydrogen-bond donors (Lipinski definition) is 0. The fourth-order valence-electron chi connectivity index (χ4n) is 3.43. The summed E-state index contributed by atoms with van der Waals surface area (Å²) in [5.41, 5.74) is -0.538. The summed E-state index contributed by atoms with van der Waals surface area (Å²) in [4.78, 5) is 40.1. The predicted molar refractivity (Wildman–Crippen MR) is 91.9 cm³/mol. The van der Waals surface area contributed by atoms with Crippen molar-refractivity contribution in [1.29, 1.82) is 0 Å². The Morgan fingerprint density at radius 3 is 2.12 bits per heavy atom. The topological polar surface area (TPSA) is 76.2 Å². The normalized spacial score (nSPS) is 22.5. The van der Waals surface area contributed by atoms with E-state index in [2.05, 4.69) is 0 Å². The maximum Gasteiger partial charge on any atom is 0.410 e. The highest BCUT2D eigenvalue weighted by atomic mass is 16.6. The number of carbonyl (C=O) groups excluding carboxylic acids is 3. The molecule has 2 heterocycles. The van der Waals surface area contributed by atoms with Crippen LogP contribution in [0.4, 0.5) is 4.79 Å². The van der Waals surface area contributed by atoms with Crippen LogP contribution >= 0.6 is 0 Å². The van der Waals surface area contributed by atoms with E-state index in [-0.39, 0.29) is 29.8 Å². The first kappa shape index (κ1) is 19.5. The van der Waals surface area contributed by atoms with Crippen molar-refractivity contribution in [1.82, 2.24) is 9.80 Å². The summed E-state index contributed by atoms with van der Waals surface area (Å²) in [5, 5.41) is 0. The molecule has 0 saturated carbocycles. The van der Waals surface area contributed by atoms with Gasteiger partial charge in [0.15, 0.2) is 0 Å². The first-order valence-electron chi connectivity index (χ1n) is 9.06. The van der Waals surface area contributed by atoms with Gasteiger partial charge in [0.1, 0.15) is 5.60 Å². The summed E-state index contributed by atoms with van der Waals surface area (Å²) in [7, 11) is 1.40. The van der Waals surface area contributed by atoms with Gasteiger partial charge in [-0.2, -0.15) is 0 Å². The molecule has 2 saturated heterocycles. The monoisotopic (exact) mass is 354 g/mol. The molecule has 1 atom stereocenters. The minimum absolute atomic E-state index is 0.0802. The standard InChI is InChI=1S/C18H30N2O5/c1-18(2,3)25-17(23)20-9-5-6-14(12-20)15(21)19-10-7-13(8-11-19)16(22)24-4/h13-14H,5-12H2,1-4H3. The lowest BCUT2D eigenvalue weighted by Crippen LogP contribution is -2.49. The predicted octanol–water partition coefficient (Wildman–Crippen LogP) is 2.05. The van der Waals surface area contributed by atoms with Crippen LogP contribution in [-0.4, -0.2) is 66.7 Å². The molecule has 0 N–H and O–H groups in total. The van der Waals surface area contributed by atoms with Gasteiger partial charge in [-0.3, -0.25) is 9.59 Å². The number of amides is 2. The van der Waals surface area contributed by atoms with Gasteiger partial charge in [0, 0.05) is 26.2 Å². The molecule has 0 aliphatic carbocycles. The molecule has 142 valence electrons. The van der Waals surface area contributed by atoms with Gasteiger partial charge in [-0.15, -0.1) is 0 Å². The van der Waals surface area contributed by atoms with E-state index in [0.29, 0.717) is 39.0 Å². The van der Waals surface area contributed by atoms with Crippen LogP contribution in [0.15, 0.2) is 0 Å². The third-order valence-corrected chi connectivity index (χ3v) is 4.76. The lowest BCUT2D eigenvalue weighted by molar-refractivity contribution is -0.150. The van der Waals surface area contributed by atoms with Crippen LogP contribution in [0.25, 0.3) is 0 Å². The molecule has 0 aromatic heterocycles. The lowest BCUT2D eigenvalue weighted by Gasteiger charge is -2.37. The quantitative estimate of drug-likeness (QED) is 0.709. The van der Waals surface area contributed by atoms with Crippen molar-refractivity contribution in [2.75, 3.05) is 33.3 Å². The van der Waals surface area contributed by atoms with Crippen molar-refractivity contribution in [3.05, 3.63) is 0 Å². The first-order chi connectivity index (χ1) is 11.7.